The highest BCUT2D eigenvalue weighted by Crippen LogP contribution is 2.39. The quantitative estimate of drug-likeness (QED) is 0.476. The topological polar surface area (TPSA) is 92.2 Å². The Hall–Kier alpha value is -3.33. The van der Waals surface area contributed by atoms with Gasteiger partial charge in [0.05, 0.1) is 34.4 Å². The fourth-order valence-electron chi connectivity index (χ4n) is 3.58. The molecule has 1 aliphatic rings. The molecule has 3 heterocycles. The van der Waals surface area contributed by atoms with Crippen LogP contribution in [0.5, 0.6) is 0 Å². The summed E-state index contributed by atoms with van der Waals surface area (Å²) < 4.78 is 29.6. The SMILES string of the molecule is CC(=O)c1c(F)c(Cl)c(-c2ccc3nc(NC(=O)[C@@H]4C[C@@H]4F)cn3c2)c2cn[nH]c12. The van der Waals surface area contributed by atoms with Crippen LogP contribution in [0.1, 0.15) is 23.7 Å². The number of carbonyl (C=O) groups is 2. The number of ketones is 1. The van der Waals surface area contributed by atoms with Crippen LogP contribution in [-0.4, -0.2) is 37.4 Å². The van der Waals surface area contributed by atoms with E-state index in [-0.39, 0.29) is 28.3 Å². The van der Waals surface area contributed by atoms with Crippen LogP contribution in [-0.2, 0) is 4.79 Å². The van der Waals surface area contributed by atoms with Gasteiger partial charge >= 0.3 is 0 Å². The largest absolute Gasteiger partial charge is 0.309 e. The van der Waals surface area contributed by atoms with Crippen molar-refractivity contribution in [2.45, 2.75) is 19.5 Å². The molecular weight excluding hydrogens is 416 g/mol. The minimum Gasteiger partial charge on any atom is -0.309 e. The lowest BCUT2D eigenvalue weighted by atomic mass is 9.98. The van der Waals surface area contributed by atoms with Crippen LogP contribution in [0.15, 0.2) is 30.7 Å². The van der Waals surface area contributed by atoms with Gasteiger partial charge in [0.2, 0.25) is 5.91 Å². The van der Waals surface area contributed by atoms with Gasteiger partial charge in [-0.1, -0.05) is 11.6 Å². The molecule has 10 heteroatoms. The first-order chi connectivity index (χ1) is 14.3. The van der Waals surface area contributed by atoms with Gasteiger partial charge in [-0.3, -0.25) is 14.7 Å². The third-order valence-electron chi connectivity index (χ3n) is 5.18. The van der Waals surface area contributed by atoms with Gasteiger partial charge in [0.15, 0.2) is 17.4 Å². The highest BCUT2D eigenvalue weighted by atomic mass is 35.5. The molecule has 1 amide bonds. The van der Waals surface area contributed by atoms with Crippen molar-refractivity contribution in [1.29, 1.82) is 0 Å². The first kappa shape index (κ1) is 18.7. The molecule has 30 heavy (non-hydrogen) atoms. The number of alkyl halides is 1. The smallest absolute Gasteiger partial charge is 0.231 e. The molecule has 0 radical (unpaired) electrons. The molecule has 1 fully saturated rings. The van der Waals surface area contributed by atoms with Crippen molar-refractivity contribution in [3.63, 3.8) is 0 Å². The maximum Gasteiger partial charge on any atom is 0.231 e. The van der Waals surface area contributed by atoms with Gasteiger partial charge in [0.1, 0.15) is 11.8 Å². The Morgan fingerprint density at radius 2 is 2.10 bits per heavy atom. The third kappa shape index (κ3) is 2.85. The van der Waals surface area contributed by atoms with E-state index in [2.05, 4.69) is 20.5 Å². The van der Waals surface area contributed by atoms with E-state index >= 15 is 0 Å². The van der Waals surface area contributed by atoms with Crippen molar-refractivity contribution in [2.75, 3.05) is 5.32 Å². The van der Waals surface area contributed by atoms with Gasteiger partial charge < -0.3 is 9.72 Å². The number of amides is 1. The number of benzene rings is 1. The fourth-order valence-corrected chi connectivity index (χ4v) is 3.89. The second-order valence-corrected chi connectivity index (χ2v) is 7.63. The molecule has 152 valence electrons. The summed E-state index contributed by atoms with van der Waals surface area (Å²) in [6.07, 6.45) is 3.86. The summed E-state index contributed by atoms with van der Waals surface area (Å²) in [4.78, 5) is 28.1. The number of H-pyrrole nitrogens is 1. The number of imidazole rings is 1. The number of aromatic nitrogens is 4. The molecule has 1 aliphatic carbocycles. The lowest BCUT2D eigenvalue weighted by molar-refractivity contribution is -0.117. The number of halogens is 3. The highest BCUT2D eigenvalue weighted by Gasteiger charge is 2.43. The molecule has 7 nitrogen and oxygen atoms in total. The maximum absolute atomic E-state index is 14.9. The number of fused-ring (bicyclic) bond motifs is 2. The van der Waals surface area contributed by atoms with E-state index in [0.717, 1.165) is 0 Å². The molecule has 3 aromatic heterocycles. The number of hydrogen-bond acceptors (Lipinski definition) is 4. The lowest BCUT2D eigenvalue weighted by Gasteiger charge is -2.11. The predicted octanol–water partition coefficient (Wildman–Crippen LogP) is 4.17. The van der Waals surface area contributed by atoms with Crippen LogP contribution in [0.3, 0.4) is 0 Å². The first-order valence-electron chi connectivity index (χ1n) is 9.14. The number of Topliss-reactive ketones (excluding diaryl/α,β-unsaturated/α-hetero) is 1. The molecule has 0 aliphatic heterocycles. The Labute approximate surface area is 173 Å². The van der Waals surface area contributed by atoms with Gasteiger partial charge in [0.25, 0.3) is 0 Å². The Bertz CT molecular complexity index is 1360. The van der Waals surface area contributed by atoms with Crippen LogP contribution in [0, 0.1) is 11.7 Å². The summed E-state index contributed by atoms with van der Waals surface area (Å²) in [5.74, 6) is -2.03. The number of carbonyl (C=O) groups excluding carboxylic acids is 2. The first-order valence-corrected chi connectivity index (χ1v) is 9.52. The van der Waals surface area contributed by atoms with Crippen LogP contribution in [0.25, 0.3) is 27.7 Å². The number of pyridine rings is 1. The van der Waals surface area contributed by atoms with Gasteiger partial charge in [-0.25, -0.2) is 13.8 Å². The standard InChI is InChI=1S/C20H14ClF2N5O2/c1-8(29)15-18(23)17(21)16(11-5-24-27-19(11)15)9-2-3-14-25-13(7-28(14)6-9)26-20(30)10-4-12(10)22/h2-3,5-7,10,12H,4H2,1H3,(H,24,27)(H,26,30)/t10-,12+/m1/s1. The summed E-state index contributed by atoms with van der Waals surface area (Å²) in [6, 6.07) is 3.38. The Morgan fingerprint density at radius 1 is 1.33 bits per heavy atom. The van der Waals surface area contributed by atoms with E-state index in [0.29, 0.717) is 22.2 Å². The minimum absolute atomic E-state index is 0.142. The maximum atomic E-state index is 14.9. The molecule has 2 N–H and O–H groups in total. The van der Waals surface area contributed by atoms with Crippen molar-refractivity contribution >= 4 is 45.7 Å². The van der Waals surface area contributed by atoms with Crippen LogP contribution < -0.4 is 5.32 Å². The third-order valence-corrected chi connectivity index (χ3v) is 5.54. The fraction of sp³-hybridized carbons (Fsp3) is 0.200. The number of anilines is 1. The van der Waals surface area contributed by atoms with E-state index in [1.165, 1.54) is 13.1 Å². The summed E-state index contributed by atoms with van der Waals surface area (Å²) in [5.41, 5.74) is 1.60. The summed E-state index contributed by atoms with van der Waals surface area (Å²) in [6.45, 7) is 1.26. The second kappa shape index (κ2) is 6.60. The molecule has 0 bridgehead atoms. The molecule has 2 atom stereocenters. The Morgan fingerprint density at radius 3 is 2.80 bits per heavy atom. The number of nitrogens with one attached hydrogen (secondary N) is 2. The number of nitrogens with zero attached hydrogens (tertiary/aromatic N) is 3. The molecular formula is C20H14ClF2N5O2. The molecule has 4 aromatic rings. The van der Waals surface area contributed by atoms with E-state index in [9.17, 15) is 18.4 Å². The average Bonchev–Trinajstić information content (AvgIpc) is 3.08. The highest BCUT2D eigenvalue weighted by molar-refractivity contribution is 6.36. The van der Waals surface area contributed by atoms with Crippen LogP contribution >= 0.6 is 11.6 Å². The Kier molecular flexibility index (Phi) is 4.11. The summed E-state index contributed by atoms with van der Waals surface area (Å²) in [7, 11) is 0. The van der Waals surface area contributed by atoms with Crippen molar-refractivity contribution in [2.24, 2.45) is 5.92 Å². The minimum atomic E-state index is -1.10. The summed E-state index contributed by atoms with van der Waals surface area (Å²) >= 11 is 6.31. The molecule has 0 spiro atoms. The normalized spacial score (nSPS) is 18.1. The molecule has 0 unspecified atom stereocenters. The van der Waals surface area contributed by atoms with Crippen molar-refractivity contribution in [3.8, 4) is 11.1 Å². The van der Waals surface area contributed by atoms with Gasteiger partial charge in [0, 0.05) is 22.7 Å². The summed E-state index contributed by atoms with van der Waals surface area (Å²) in [5, 5.41) is 9.52. The molecule has 1 saturated carbocycles. The zero-order valence-electron chi connectivity index (χ0n) is 15.5. The van der Waals surface area contributed by atoms with Crippen molar-refractivity contribution in [1.82, 2.24) is 19.6 Å². The van der Waals surface area contributed by atoms with Crippen LogP contribution in [0.4, 0.5) is 14.6 Å². The zero-order valence-corrected chi connectivity index (χ0v) is 16.3. The van der Waals surface area contributed by atoms with Gasteiger partial charge in [-0.2, -0.15) is 5.10 Å². The van der Waals surface area contributed by atoms with E-state index < -0.39 is 29.6 Å². The van der Waals surface area contributed by atoms with Gasteiger partial charge in [-0.15, -0.1) is 0 Å². The van der Waals surface area contributed by atoms with Crippen molar-refractivity contribution in [3.05, 3.63) is 47.1 Å². The number of rotatable bonds is 4. The molecule has 0 saturated heterocycles. The molecule has 1 aromatic carbocycles. The monoisotopic (exact) mass is 429 g/mol. The van der Waals surface area contributed by atoms with Crippen molar-refractivity contribution < 1.29 is 18.4 Å². The zero-order chi connectivity index (χ0) is 21.2. The number of aromatic amines is 1. The molecule has 5 rings (SSSR count). The average molecular weight is 430 g/mol. The van der Waals surface area contributed by atoms with E-state index in [1.54, 1.807) is 28.9 Å². The lowest BCUT2D eigenvalue weighted by Crippen LogP contribution is -2.15. The predicted molar refractivity (Wildman–Crippen MR) is 107 cm³/mol. The number of hydrogen-bond donors (Lipinski definition) is 2. The van der Waals surface area contributed by atoms with E-state index in [1.807, 2.05) is 0 Å². The van der Waals surface area contributed by atoms with Gasteiger partial charge in [-0.05, 0) is 25.5 Å². The second-order valence-electron chi connectivity index (χ2n) is 7.25. The van der Waals surface area contributed by atoms with Crippen LogP contribution in [0.2, 0.25) is 5.02 Å². The Balaban J connectivity index is 1.60. The van der Waals surface area contributed by atoms with E-state index in [4.69, 9.17) is 11.6 Å².